The number of halogens is 1. The van der Waals surface area contributed by atoms with Gasteiger partial charge >= 0.3 is 0 Å². The number of methoxy groups -OCH3 is 1. The van der Waals surface area contributed by atoms with Gasteiger partial charge in [-0.2, -0.15) is 10.6 Å². The number of ether oxygens (including phenoxy) is 1. The van der Waals surface area contributed by atoms with Crippen molar-refractivity contribution in [3.8, 4) is 5.75 Å². The molecule has 198 valence electrons. The molecule has 0 spiro atoms. The number of fused-ring (bicyclic) bond motifs is 1. The number of hydrogen-bond acceptors (Lipinski definition) is 7. The van der Waals surface area contributed by atoms with E-state index in [2.05, 4.69) is 4.90 Å². The fraction of sp³-hybridized carbons (Fsp3) is 0.269. The van der Waals surface area contributed by atoms with Gasteiger partial charge in [-0.25, -0.2) is 8.42 Å². The van der Waals surface area contributed by atoms with Gasteiger partial charge in [0.1, 0.15) is 11.0 Å². The van der Waals surface area contributed by atoms with E-state index in [1.54, 1.807) is 42.3 Å². The molecule has 1 saturated heterocycles. The van der Waals surface area contributed by atoms with Crippen LogP contribution in [0.3, 0.4) is 0 Å². The van der Waals surface area contributed by atoms with Crippen LogP contribution in [0.5, 0.6) is 5.75 Å². The summed E-state index contributed by atoms with van der Waals surface area (Å²) < 4.78 is 53.8. The van der Waals surface area contributed by atoms with E-state index in [0.29, 0.717) is 26.2 Å². The summed E-state index contributed by atoms with van der Waals surface area (Å²) in [5, 5.41) is -1.21. The third-order valence-corrected chi connectivity index (χ3v) is 11.0. The van der Waals surface area contributed by atoms with Gasteiger partial charge in [0.15, 0.2) is 9.84 Å². The summed E-state index contributed by atoms with van der Waals surface area (Å²) in [6, 6.07) is 20.4. The number of sulfone groups is 1. The molecule has 5 rings (SSSR count). The maximum Gasteiger partial charge on any atom is 0.254 e. The zero-order valence-corrected chi connectivity index (χ0v) is 22.6. The molecule has 1 unspecified atom stereocenters. The molecule has 3 aromatic rings. The minimum absolute atomic E-state index is 0. The SMILES string of the molecule is COc1ccc(N2CCN(C(=O)c3cccc4c3C(S(=O)(=O)c3ccccc3)CS4(O)O)CC2)cc1.Cl. The number of rotatable bonds is 5. The highest BCUT2D eigenvalue weighted by atomic mass is 35.5. The first-order valence-corrected chi connectivity index (χ1v) is 14.8. The van der Waals surface area contributed by atoms with Crippen molar-refractivity contribution in [1.82, 2.24) is 4.90 Å². The molecule has 1 fully saturated rings. The van der Waals surface area contributed by atoms with E-state index in [4.69, 9.17) is 4.74 Å². The number of nitrogens with zero attached hydrogens (tertiary/aromatic N) is 2. The summed E-state index contributed by atoms with van der Waals surface area (Å²) in [7, 11) is -5.68. The monoisotopic (exact) mass is 564 g/mol. The van der Waals surface area contributed by atoms with E-state index in [-0.39, 0.29) is 45.0 Å². The van der Waals surface area contributed by atoms with Gasteiger partial charge in [-0.15, -0.1) is 12.4 Å². The molecular formula is C26H29ClN2O6S2. The van der Waals surface area contributed by atoms with Crippen LogP contribution in [-0.2, 0) is 9.84 Å². The van der Waals surface area contributed by atoms with Gasteiger partial charge in [0.25, 0.3) is 5.91 Å². The van der Waals surface area contributed by atoms with E-state index < -0.39 is 25.7 Å². The molecule has 0 radical (unpaired) electrons. The zero-order valence-electron chi connectivity index (χ0n) is 20.2. The second-order valence-corrected chi connectivity index (χ2v) is 13.1. The first kappa shape index (κ1) is 27.3. The summed E-state index contributed by atoms with van der Waals surface area (Å²) >= 11 is 0. The Morgan fingerprint density at radius 2 is 1.57 bits per heavy atom. The second-order valence-electron chi connectivity index (χ2n) is 8.87. The highest BCUT2D eigenvalue weighted by Crippen LogP contribution is 2.62. The van der Waals surface area contributed by atoms with Gasteiger partial charge in [-0.05, 0) is 48.5 Å². The van der Waals surface area contributed by atoms with Gasteiger partial charge in [0.05, 0.1) is 22.7 Å². The van der Waals surface area contributed by atoms with Crippen molar-refractivity contribution < 1.29 is 27.1 Å². The first-order chi connectivity index (χ1) is 17.2. The van der Waals surface area contributed by atoms with Crippen molar-refractivity contribution in [3.63, 3.8) is 0 Å². The third-order valence-electron chi connectivity index (χ3n) is 6.81. The normalized spacial score (nSPS) is 19.5. The lowest BCUT2D eigenvalue weighted by Crippen LogP contribution is -2.49. The van der Waals surface area contributed by atoms with Crippen LogP contribution in [0.4, 0.5) is 5.69 Å². The number of benzene rings is 3. The number of anilines is 1. The fourth-order valence-electron chi connectivity index (χ4n) is 4.88. The first-order valence-electron chi connectivity index (χ1n) is 11.6. The van der Waals surface area contributed by atoms with Crippen molar-refractivity contribution in [2.45, 2.75) is 15.0 Å². The molecular weight excluding hydrogens is 536 g/mol. The fourth-order valence-corrected chi connectivity index (χ4v) is 9.34. The van der Waals surface area contributed by atoms with Crippen molar-refractivity contribution in [3.05, 3.63) is 83.9 Å². The van der Waals surface area contributed by atoms with E-state index in [9.17, 15) is 22.3 Å². The maximum absolute atomic E-state index is 13.6. The molecule has 11 heteroatoms. The summed E-state index contributed by atoms with van der Waals surface area (Å²) in [6.45, 7) is 2.16. The Labute approximate surface area is 224 Å². The highest BCUT2D eigenvalue weighted by Gasteiger charge is 2.45. The predicted octanol–water partition coefficient (Wildman–Crippen LogP) is 4.72. The smallest absolute Gasteiger partial charge is 0.254 e. The number of carbonyl (C=O) groups is 1. The van der Waals surface area contributed by atoms with Gasteiger partial charge in [-0.1, -0.05) is 24.3 Å². The molecule has 1 atom stereocenters. The third kappa shape index (κ3) is 5.04. The van der Waals surface area contributed by atoms with Crippen molar-refractivity contribution in [2.75, 3.05) is 43.9 Å². The quantitative estimate of drug-likeness (QED) is 0.462. The Balaban J connectivity index is 0.00000320. The van der Waals surface area contributed by atoms with Crippen LogP contribution in [-0.4, -0.2) is 67.4 Å². The lowest BCUT2D eigenvalue weighted by molar-refractivity contribution is 0.0745. The topological polar surface area (TPSA) is 107 Å². The standard InChI is InChI=1S/C26H28N2O6S2.ClH/c1-34-20-12-10-19(11-13-20)27-14-16-28(17-15-27)26(29)22-8-5-9-23-25(22)24(18-35(23,30)31)36(32,33)21-6-3-2-4-7-21;/h2-13,24,30-31H,14-18H2,1H3;1H. The van der Waals surface area contributed by atoms with Crippen LogP contribution in [0.15, 0.2) is 82.6 Å². The number of hydrogen-bond donors (Lipinski definition) is 2. The predicted molar refractivity (Wildman–Crippen MR) is 147 cm³/mol. The lowest BCUT2D eigenvalue weighted by atomic mass is 10.0. The van der Waals surface area contributed by atoms with Crippen molar-refractivity contribution in [2.24, 2.45) is 0 Å². The molecule has 0 aliphatic carbocycles. The lowest BCUT2D eigenvalue weighted by Gasteiger charge is -2.36. The van der Waals surface area contributed by atoms with Gasteiger partial charge in [0.2, 0.25) is 0 Å². The minimum atomic E-state index is -3.95. The molecule has 2 aliphatic heterocycles. The van der Waals surface area contributed by atoms with Crippen molar-refractivity contribution >= 4 is 44.4 Å². The van der Waals surface area contributed by atoms with Gasteiger partial charge in [0, 0.05) is 43.0 Å². The molecule has 1 amide bonds. The van der Waals surface area contributed by atoms with Gasteiger partial charge < -0.3 is 14.5 Å². The van der Waals surface area contributed by atoms with Crippen LogP contribution in [0, 0.1) is 0 Å². The summed E-state index contributed by atoms with van der Waals surface area (Å²) in [4.78, 5) is 17.8. The molecule has 2 N–H and O–H groups in total. The van der Waals surface area contributed by atoms with Crippen LogP contribution >= 0.6 is 23.0 Å². The average molecular weight is 565 g/mol. The van der Waals surface area contributed by atoms with E-state index in [1.807, 2.05) is 24.3 Å². The summed E-state index contributed by atoms with van der Waals surface area (Å²) in [5.41, 5.74) is 1.46. The number of carbonyl (C=O) groups excluding carboxylic acids is 1. The minimum Gasteiger partial charge on any atom is -0.497 e. The number of piperazine rings is 1. The molecule has 0 bridgehead atoms. The van der Waals surface area contributed by atoms with E-state index >= 15 is 0 Å². The largest absolute Gasteiger partial charge is 0.497 e. The maximum atomic E-state index is 13.6. The second kappa shape index (κ2) is 10.5. The Morgan fingerprint density at radius 3 is 2.19 bits per heavy atom. The van der Waals surface area contributed by atoms with E-state index in [1.165, 1.54) is 18.2 Å². The van der Waals surface area contributed by atoms with Crippen LogP contribution in [0.25, 0.3) is 0 Å². The highest BCUT2D eigenvalue weighted by molar-refractivity contribution is 8.25. The molecule has 37 heavy (non-hydrogen) atoms. The van der Waals surface area contributed by atoms with Crippen LogP contribution < -0.4 is 9.64 Å². The molecule has 2 aliphatic rings. The molecule has 0 aromatic heterocycles. The van der Waals surface area contributed by atoms with Crippen LogP contribution in [0.2, 0.25) is 0 Å². The molecule has 3 aromatic carbocycles. The Bertz CT molecular complexity index is 1380. The number of amides is 1. The summed E-state index contributed by atoms with van der Waals surface area (Å²) in [6.07, 6.45) is 0. The Morgan fingerprint density at radius 1 is 0.919 bits per heavy atom. The van der Waals surface area contributed by atoms with Gasteiger partial charge in [-0.3, -0.25) is 13.9 Å². The zero-order chi connectivity index (χ0) is 25.5. The molecule has 8 nitrogen and oxygen atoms in total. The Kier molecular flexibility index (Phi) is 7.77. The summed E-state index contributed by atoms with van der Waals surface area (Å²) in [5.74, 6) is 0.123. The Hall–Kier alpha value is -2.76. The molecule has 0 saturated carbocycles. The molecule has 2 heterocycles. The van der Waals surface area contributed by atoms with Crippen molar-refractivity contribution in [1.29, 1.82) is 0 Å². The average Bonchev–Trinajstić information content (AvgIpc) is 3.20. The van der Waals surface area contributed by atoms with Crippen LogP contribution in [0.1, 0.15) is 21.2 Å². The van der Waals surface area contributed by atoms with E-state index in [0.717, 1.165) is 11.4 Å².